The Morgan fingerprint density at radius 3 is 0.603 bits per heavy atom. The highest BCUT2D eigenvalue weighted by molar-refractivity contribution is 7.80. The van der Waals surface area contributed by atoms with E-state index in [9.17, 15) is 39.6 Å². The highest BCUT2D eigenvalue weighted by Gasteiger charge is 2.15. The van der Waals surface area contributed by atoms with Crippen molar-refractivity contribution in [3.05, 3.63) is 283 Å². The van der Waals surface area contributed by atoms with Gasteiger partial charge < -0.3 is 20.4 Å². The van der Waals surface area contributed by atoms with Gasteiger partial charge in [-0.05, 0) is 192 Å². The first kappa shape index (κ1) is 118. The van der Waals surface area contributed by atoms with Gasteiger partial charge in [-0.15, -0.1) is 0 Å². The van der Waals surface area contributed by atoms with Crippen LogP contribution in [-0.4, -0.2) is 43.6 Å². The van der Waals surface area contributed by atoms with Crippen molar-refractivity contribution in [1.82, 2.24) is 0 Å². The van der Waals surface area contributed by atoms with Gasteiger partial charge in [0.1, 0.15) is 0 Å². The number of Topliss-reactive ketones (excluding diaryl/α,β-unsaturated/α-hetero) is 4. The number of benzene rings is 12. The maximum atomic E-state index is 11.4. The summed E-state index contributed by atoms with van der Waals surface area (Å²) in [6.45, 7) is 58.8. The van der Waals surface area contributed by atoms with Gasteiger partial charge in [-0.3, -0.25) is 19.2 Å². The molecule has 126 heavy (non-hydrogen) atoms. The number of fused-ring (bicyclic) bond motifs is 6. The summed E-state index contributed by atoms with van der Waals surface area (Å²) >= 11 is 34.1. The van der Waals surface area contributed by atoms with E-state index in [1.54, 1.807) is 27.7 Å². The van der Waals surface area contributed by atoms with Crippen molar-refractivity contribution in [3.8, 4) is 0 Å². The second-order valence-corrected chi connectivity index (χ2v) is 43.2. The zero-order valence-electron chi connectivity index (χ0n) is 81.0. The van der Waals surface area contributed by atoms with Crippen molar-refractivity contribution < 1.29 is 39.6 Å². The Kier molecular flexibility index (Phi) is 53.1. The van der Waals surface area contributed by atoms with Crippen LogP contribution in [0, 0.1) is 32.5 Å². The van der Waals surface area contributed by atoms with Crippen LogP contribution in [0.25, 0.3) is 64.6 Å². The molecule has 0 heterocycles. The third kappa shape index (κ3) is 47.4. The van der Waals surface area contributed by atoms with Gasteiger partial charge in [-0.25, -0.2) is 0 Å². The fourth-order valence-electron chi connectivity index (χ4n) is 11.7. The maximum Gasteiger partial charge on any atom is 0.160 e. The summed E-state index contributed by atoms with van der Waals surface area (Å²) in [5.74, 6) is 5.78. The smallest absolute Gasteiger partial charge is 0.160 e. The summed E-state index contributed by atoms with van der Waals surface area (Å²) in [4.78, 5) is 45.7. The minimum absolute atomic E-state index is 0.0364. The minimum atomic E-state index is -0.0364. The lowest BCUT2D eigenvalue weighted by Gasteiger charge is -2.13. The molecule has 0 saturated carbocycles. The fraction of sp³-hybridized carbons (Fsp3) is 0.418. The number of thiol groups is 8. The fourth-order valence-corrected chi connectivity index (χ4v) is 13.3. The molecule has 0 saturated heterocycles. The first-order chi connectivity index (χ1) is 58.4. The summed E-state index contributed by atoms with van der Waals surface area (Å²) in [7, 11) is 0. The number of hydrogen-bond acceptors (Lipinski definition) is 16. The van der Waals surface area contributed by atoms with Crippen LogP contribution in [0.1, 0.15) is 302 Å². The van der Waals surface area contributed by atoms with E-state index in [0.717, 1.165) is 143 Å². The van der Waals surface area contributed by atoms with E-state index in [1.165, 1.54) is 22.3 Å². The van der Waals surface area contributed by atoms with Crippen LogP contribution in [0.3, 0.4) is 0 Å². The molecule has 8 nitrogen and oxygen atoms in total. The lowest BCUT2D eigenvalue weighted by Crippen LogP contribution is -1.96. The van der Waals surface area contributed by atoms with Gasteiger partial charge in [0.2, 0.25) is 0 Å². The molecule has 16 heteroatoms. The molecule has 12 aromatic rings. The van der Waals surface area contributed by atoms with Crippen LogP contribution >= 0.6 is 101 Å². The molecule has 0 amide bonds. The van der Waals surface area contributed by atoms with E-state index in [1.807, 2.05) is 182 Å². The molecule has 0 radical (unpaired) electrons. The molecule has 0 fully saturated rings. The Morgan fingerprint density at radius 2 is 0.405 bits per heavy atom. The maximum absolute atomic E-state index is 11.4. The van der Waals surface area contributed by atoms with Gasteiger partial charge in [-0.2, -0.15) is 101 Å². The van der Waals surface area contributed by atoms with Gasteiger partial charge in [0.05, 0.1) is 26.4 Å². The van der Waals surface area contributed by atoms with Crippen LogP contribution < -0.4 is 0 Å². The van der Waals surface area contributed by atoms with Gasteiger partial charge in [0.25, 0.3) is 0 Å². The van der Waals surface area contributed by atoms with Crippen molar-refractivity contribution in [3.63, 3.8) is 0 Å². The number of rotatable bonds is 16. The lowest BCUT2D eigenvalue weighted by atomic mass is 9.95. The van der Waals surface area contributed by atoms with Gasteiger partial charge in [0.15, 0.2) is 23.1 Å². The van der Waals surface area contributed by atoms with Crippen molar-refractivity contribution in [1.29, 1.82) is 0 Å². The first-order valence-electron chi connectivity index (χ1n) is 42.9. The lowest BCUT2D eigenvalue weighted by molar-refractivity contribution is 0.101. The van der Waals surface area contributed by atoms with Crippen LogP contribution in [0.2, 0.25) is 0 Å². The highest BCUT2D eigenvalue weighted by atomic mass is 32.1. The standard InChI is InChI=1S/2C14H16O2S2.4C13H12OS.6C5H12/c2*15-5-12-3-9(7-17)1-11-2-10(8-18)4-13(6-16)14(11)12;2*1-9(14)11-5-3-6-12-10(8-15)4-2-7-13(11)12;2*1-9(14)12-4-2-3-11-7-10(8-15)5-6-13(11)12;6*1-5(2,3)4/h2*1-4,15-18H,5-8H2;4*2-7,15H,8H2,1H3;6*1-4H3. The molecule has 4 N–H and O–H groups in total. The van der Waals surface area contributed by atoms with Crippen molar-refractivity contribution in [2.45, 2.75) is 266 Å². The topological polar surface area (TPSA) is 149 Å². The monoisotopic (exact) mass is 1860 g/mol. The molecule has 0 atom stereocenters. The van der Waals surface area contributed by atoms with Crippen molar-refractivity contribution >= 4 is 189 Å². The molecular weight excluding hydrogens is 1710 g/mol. The number of aliphatic hydroxyl groups excluding tert-OH is 4. The molecule has 12 rings (SSSR count). The molecule has 0 bridgehead atoms. The minimum Gasteiger partial charge on any atom is -0.392 e. The quantitative estimate of drug-likeness (QED) is 0.0338. The molecule has 0 aliphatic heterocycles. The molecule has 0 aliphatic carbocycles. The summed E-state index contributed by atoms with van der Waals surface area (Å²) in [5, 5.41) is 50.4. The predicted octanol–water partition coefficient (Wildman–Crippen LogP) is 31.6. The molecule has 0 aromatic heterocycles. The van der Waals surface area contributed by atoms with Gasteiger partial charge >= 0.3 is 0 Å². The van der Waals surface area contributed by atoms with E-state index in [0.29, 0.717) is 67.0 Å². The summed E-state index contributed by atoms with van der Waals surface area (Å²) in [5.41, 5.74) is 18.4. The van der Waals surface area contributed by atoms with Crippen LogP contribution in [0.5, 0.6) is 0 Å². The van der Waals surface area contributed by atoms with Crippen LogP contribution in [-0.2, 0) is 72.5 Å². The Labute approximate surface area is 803 Å². The van der Waals surface area contributed by atoms with Crippen molar-refractivity contribution in [2.75, 3.05) is 0 Å². The predicted molar refractivity (Wildman–Crippen MR) is 580 cm³/mol. The van der Waals surface area contributed by atoms with E-state index in [4.69, 9.17) is 0 Å². The zero-order valence-corrected chi connectivity index (χ0v) is 88.1. The molecular formula is C110H152O8S8. The number of carbonyl (C=O) groups excluding carboxylic acids is 4. The largest absolute Gasteiger partial charge is 0.392 e. The number of ketones is 4. The number of carbonyl (C=O) groups is 4. The van der Waals surface area contributed by atoms with Crippen LogP contribution in [0.15, 0.2) is 194 Å². The second kappa shape index (κ2) is 57.0. The summed E-state index contributed by atoms with van der Waals surface area (Å²) in [6, 6.07) is 63.4. The first-order valence-corrected chi connectivity index (χ1v) is 48.0. The Balaban J connectivity index is 0.000000710. The molecule has 12 aromatic carbocycles. The summed E-state index contributed by atoms with van der Waals surface area (Å²) in [6.07, 6.45) is 0. The van der Waals surface area contributed by atoms with Gasteiger partial charge in [0, 0.05) is 68.3 Å². The highest BCUT2D eigenvalue weighted by Crippen LogP contribution is 2.33. The Bertz CT molecular complexity index is 4870. The normalized spacial score (nSPS) is 11.0. The molecule has 0 aliphatic rings. The number of aliphatic hydroxyl groups is 4. The molecule has 0 spiro atoms. The molecule has 0 unspecified atom stereocenters. The summed E-state index contributed by atoms with van der Waals surface area (Å²) < 4.78 is 0. The Hall–Kier alpha value is -6.48. The average Bonchev–Trinajstić information content (AvgIpc) is 0.790. The van der Waals surface area contributed by atoms with E-state index >= 15 is 0 Å². The third-order valence-electron chi connectivity index (χ3n) is 16.2. The second-order valence-electron chi connectivity index (χ2n) is 40.7. The third-order valence-corrected chi connectivity index (χ3v) is 19.1. The van der Waals surface area contributed by atoms with E-state index in [2.05, 4.69) is 279 Å². The molecule has 688 valence electrons. The Morgan fingerprint density at radius 1 is 0.214 bits per heavy atom. The number of hydrogen-bond donors (Lipinski definition) is 12. The SMILES string of the molecule is CC(=O)c1cccc2c(CS)cccc12.CC(=O)c1cccc2c(CS)cccc12.CC(=O)c1cccc2cc(CS)ccc12.CC(=O)c1cccc2cc(CS)ccc12.CC(C)(C)C.CC(C)(C)C.CC(C)(C)C.CC(C)(C)C.CC(C)(C)C.CC(C)(C)C.OCc1cc(CS)cc2cc(CS)cc(CO)c12.OCc1cc(CS)cc2cc(CS)cc(CO)c12. The zero-order chi connectivity index (χ0) is 96.6. The van der Waals surface area contributed by atoms with E-state index < -0.39 is 0 Å². The van der Waals surface area contributed by atoms with Crippen molar-refractivity contribution in [2.24, 2.45) is 32.5 Å². The van der Waals surface area contributed by atoms with Crippen LogP contribution in [0.4, 0.5) is 0 Å². The average molecular weight is 1860 g/mol. The van der Waals surface area contributed by atoms with Gasteiger partial charge in [-0.1, -0.05) is 360 Å². The van der Waals surface area contributed by atoms with E-state index in [-0.39, 0.29) is 49.6 Å².